The molecule has 0 aliphatic carbocycles. The monoisotopic (exact) mass is 417 g/mol. The Morgan fingerprint density at radius 1 is 1.00 bits per heavy atom. The van der Waals surface area contributed by atoms with Crippen molar-refractivity contribution >= 4 is 28.6 Å². The fraction of sp³-hybridized carbons (Fsp3) is 0.208. The minimum absolute atomic E-state index is 0.263. The van der Waals surface area contributed by atoms with Crippen molar-refractivity contribution in [3.05, 3.63) is 78.4 Å². The minimum atomic E-state index is -1.22. The molecule has 1 heterocycles. The highest BCUT2D eigenvalue weighted by atomic mass is 16.5. The van der Waals surface area contributed by atoms with Gasteiger partial charge in [0, 0.05) is 0 Å². The summed E-state index contributed by atoms with van der Waals surface area (Å²) in [4.78, 5) is 38.8. The van der Waals surface area contributed by atoms with Gasteiger partial charge in [-0.3, -0.25) is 14.5 Å². The largest absolute Gasteiger partial charge is 0.492 e. The van der Waals surface area contributed by atoms with Crippen LogP contribution in [0.25, 0.3) is 10.8 Å². The Balaban J connectivity index is 1.37. The van der Waals surface area contributed by atoms with Gasteiger partial charge in [-0.15, -0.1) is 0 Å². The lowest BCUT2D eigenvalue weighted by atomic mass is 9.90. The highest BCUT2D eigenvalue weighted by Gasteiger charge is 2.49. The average Bonchev–Trinajstić information content (AvgIpc) is 3.01. The number of benzene rings is 3. The van der Waals surface area contributed by atoms with E-state index in [1.54, 1.807) is 6.92 Å². The molecule has 1 aliphatic rings. The van der Waals surface area contributed by atoms with Crippen LogP contribution in [0.15, 0.2) is 72.8 Å². The Kier molecular flexibility index (Phi) is 5.58. The Morgan fingerprint density at radius 3 is 2.48 bits per heavy atom. The van der Waals surface area contributed by atoms with E-state index in [4.69, 9.17) is 4.74 Å². The maximum atomic E-state index is 13.1. The first kappa shape index (κ1) is 20.4. The number of imide groups is 1. The molecular formula is C24H23N3O4. The van der Waals surface area contributed by atoms with Crippen molar-refractivity contribution in [3.63, 3.8) is 0 Å². The Bertz CT molecular complexity index is 1130. The summed E-state index contributed by atoms with van der Waals surface area (Å²) in [5.74, 6) is -0.177. The molecule has 0 radical (unpaired) electrons. The van der Waals surface area contributed by atoms with Crippen LogP contribution in [0.5, 0.6) is 5.75 Å². The summed E-state index contributed by atoms with van der Waals surface area (Å²) < 4.78 is 5.52. The predicted octanol–water partition coefficient (Wildman–Crippen LogP) is 2.80. The van der Waals surface area contributed by atoms with Crippen molar-refractivity contribution in [1.29, 1.82) is 0 Å². The molecule has 1 unspecified atom stereocenters. The third-order valence-electron chi connectivity index (χ3n) is 5.34. The van der Waals surface area contributed by atoms with E-state index in [0.29, 0.717) is 11.3 Å². The van der Waals surface area contributed by atoms with Gasteiger partial charge in [0.25, 0.3) is 5.91 Å². The molecule has 4 rings (SSSR count). The van der Waals surface area contributed by atoms with Gasteiger partial charge in [-0.2, -0.15) is 0 Å². The number of nitrogens with one attached hydrogen (secondary N) is 2. The van der Waals surface area contributed by atoms with Gasteiger partial charge in [0.2, 0.25) is 5.91 Å². The molecule has 158 valence electrons. The molecule has 1 fully saturated rings. The summed E-state index contributed by atoms with van der Waals surface area (Å²) in [5, 5.41) is 7.42. The molecule has 3 aromatic carbocycles. The number of para-hydroxylation sites is 1. The van der Waals surface area contributed by atoms with Gasteiger partial charge < -0.3 is 15.4 Å². The number of hydrogen-bond donors (Lipinski definition) is 2. The van der Waals surface area contributed by atoms with E-state index in [0.717, 1.165) is 15.7 Å². The molecule has 2 N–H and O–H groups in total. The molecule has 1 aliphatic heterocycles. The van der Waals surface area contributed by atoms with E-state index in [9.17, 15) is 14.4 Å². The topological polar surface area (TPSA) is 87.7 Å². The molecule has 31 heavy (non-hydrogen) atoms. The summed E-state index contributed by atoms with van der Waals surface area (Å²) in [6.07, 6.45) is 0. The number of nitrogens with zero attached hydrogens (tertiary/aromatic N) is 1. The first-order valence-electron chi connectivity index (χ1n) is 10.1. The van der Waals surface area contributed by atoms with Gasteiger partial charge in [0.1, 0.15) is 24.4 Å². The molecule has 3 aromatic rings. The second-order valence-corrected chi connectivity index (χ2v) is 7.52. The Morgan fingerprint density at radius 2 is 1.71 bits per heavy atom. The first-order valence-corrected chi connectivity index (χ1v) is 10.1. The minimum Gasteiger partial charge on any atom is -0.492 e. The standard InChI is InChI=1S/C24H23N3O4/c1-24(19-12-11-17-7-5-6-8-18(17)15-19)22(29)27(23(30)26-24)16-21(28)25-13-14-31-20-9-3-2-4-10-20/h2-12,15H,13-14,16H2,1H3,(H,25,28)(H,26,30). The van der Waals surface area contributed by atoms with Gasteiger partial charge in [0.15, 0.2) is 0 Å². The van der Waals surface area contributed by atoms with E-state index in [-0.39, 0.29) is 19.7 Å². The molecule has 7 nitrogen and oxygen atoms in total. The smallest absolute Gasteiger partial charge is 0.325 e. The highest BCUT2D eigenvalue weighted by molar-refractivity contribution is 6.09. The number of amides is 4. The second-order valence-electron chi connectivity index (χ2n) is 7.52. The van der Waals surface area contributed by atoms with Crippen LogP contribution in [0.3, 0.4) is 0 Å². The fourth-order valence-electron chi connectivity index (χ4n) is 3.61. The van der Waals surface area contributed by atoms with Crippen LogP contribution in [-0.4, -0.2) is 42.4 Å². The Labute approximate surface area is 180 Å². The van der Waals surface area contributed by atoms with Crippen molar-refractivity contribution in [3.8, 4) is 5.75 Å². The summed E-state index contributed by atoms with van der Waals surface area (Å²) >= 11 is 0. The zero-order valence-electron chi connectivity index (χ0n) is 17.1. The first-order chi connectivity index (χ1) is 15.0. The third-order valence-corrected chi connectivity index (χ3v) is 5.34. The van der Waals surface area contributed by atoms with Crippen molar-refractivity contribution in [2.24, 2.45) is 0 Å². The van der Waals surface area contributed by atoms with Gasteiger partial charge in [-0.25, -0.2) is 4.79 Å². The van der Waals surface area contributed by atoms with E-state index < -0.39 is 23.4 Å². The van der Waals surface area contributed by atoms with Gasteiger partial charge in [-0.05, 0) is 41.5 Å². The zero-order valence-corrected chi connectivity index (χ0v) is 17.1. The molecule has 1 atom stereocenters. The van der Waals surface area contributed by atoms with Crippen molar-refractivity contribution < 1.29 is 19.1 Å². The number of carbonyl (C=O) groups excluding carboxylic acids is 3. The number of fused-ring (bicyclic) bond motifs is 1. The fourth-order valence-corrected chi connectivity index (χ4v) is 3.61. The van der Waals surface area contributed by atoms with E-state index in [1.165, 1.54) is 0 Å². The zero-order chi connectivity index (χ0) is 21.8. The lowest BCUT2D eigenvalue weighted by Crippen LogP contribution is -2.43. The van der Waals surface area contributed by atoms with E-state index in [2.05, 4.69) is 10.6 Å². The van der Waals surface area contributed by atoms with Crippen molar-refractivity contribution in [1.82, 2.24) is 15.5 Å². The van der Waals surface area contributed by atoms with Gasteiger partial charge in [-0.1, -0.05) is 54.6 Å². The maximum absolute atomic E-state index is 13.1. The number of carbonyl (C=O) groups is 3. The molecule has 7 heteroatoms. The van der Waals surface area contributed by atoms with Crippen LogP contribution in [0.4, 0.5) is 4.79 Å². The van der Waals surface area contributed by atoms with E-state index in [1.807, 2.05) is 72.8 Å². The average molecular weight is 417 g/mol. The quantitative estimate of drug-likeness (QED) is 0.457. The molecule has 1 saturated heterocycles. The van der Waals surface area contributed by atoms with Crippen molar-refractivity contribution in [2.75, 3.05) is 19.7 Å². The number of hydrogen-bond acceptors (Lipinski definition) is 4. The summed E-state index contributed by atoms with van der Waals surface area (Å²) in [6.45, 7) is 1.85. The molecule has 0 spiro atoms. The van der Waals surface area contributed by atoms with Crippen LogP contribution in [-0.2, 0) is 15.1 Å². The van der Waals surface area contributed by atoms with Gasteiger partial charge in [0.05, 0.1) is 6.54 Å². The lowest BCUT2D eigenvalue weighted by molar-refractivity contribution is -0.134. The van der Waals surface area contributed by atoms with Crippen LogP contribution in [0.1, 0.15) is 12.5 Å². The Hall–Kier alpha value is -3.87. The van der Waals surface area contributed by atoms with Crippen LogP contribution >= 0.6 is 0 Å². The van der Waals surface area contributed by atoms with E-state index >= 15 is 0 Å². The normalized spacial score (nSPS) is 18.2. The van der Waals surface area contributed by atoms with Crippen molar-refractivity contribution in [2.45, 2.75) is 12.5 Å². The number of ether oxygens (including phenoxy) is 1. The SMILES string of the molecule is CC1(c2ccc3ccccc3c2)NC(=O)N(CC(=O)NCCOc2ccccc2)C1=O. The molecular weight excluding hydrogens is 394 g/mol. The number of urea groups is 1. The number of rotatable bonds is 7. The third kappa shape index (κ3) is 4.21. The lowest BCUT2D eigenvalue weighted by Gasteiger charge is -2.22. The summed E-state index contributed by atoms with van der Waals surface area (Å²) in [6, 6.07) is 22.1. The van der Waals surface area contributed by atoms with Crippen LogP contribution < -0.4 is 15.4 Å². The molecule has 0 saturated carbocycles. The summed E-state index contributed by atoms with van der Waals surface area (Å²) in [5.41, 5.74) is -0.554. The predicted molar refractivity (Wildman–Crippen MR) is 116 cm³/mol. The highest BCUT2D eigenvalue weighted by Crippen LogP contribution is 2.30. The maximum Gasteiger partial charge on any atom is 0.325 e. The van der Waals surface area contributed by atoms with Crippen LogP contribution in [0, 0.1) is 0 Å². The molecule has 4 amide bonds. The second kappa shape index (κ2) is 8.47. The molecule has 0 aromatic heterocycles. The van der Waals surface area contributed by atoms with Crippen LogP contribution in [0.2, 0.25) is 0 Å². The van der Waals surface area contributed by atoms with Gasteiger partial charge >= 0.3 is 6.03 Å². The molecule has 0 bridgehead atoms. The summed E-state index contributed by atoms with van der Waals surface area (Å²) in [7, 11) is 0.